The van der Waals surface area contributed by atoms with Crippen molar-refractivity contribution in [3.8, 4) is 28.8 Å². The number of nitrogens with zero attached hydrogens (tertiary/aromatic N) is 2. The Labute approximate surface area is 183 Å². The van der Waals surface area contributed by atoms with Gasteiger partial charge in [-0.2, -0.15) is 5.26 Å². The molecule has 2 N–H and O–H groups in total. The van der Waals surface area contributed by atoms with Gasteiger partial charge >= 0.3 is 0 Å². The Bertz CT molecular complexity index is 1200. The van der Waals surface area contributed by atoms with Gasteiger partial charge in [-0.25, -0.2) is 4.98 Å². The molecule has 1 heterocycles. The second-order valence-corrected chi connectivity index (χ2v) is 7.27. The lowest BCUT2D eigenvalue weighted by Gasteiger charge is -2.13. The van der Waals surface area contributed by atoms with Crippen LogP contribution in [0.25, 0.3) is 11.3 Å². The van der Waals surface area contributed by atoms with Crippen LogP contribution < -0.4 is 20.3 Å². The largest absolute Gasteiger partial charge is 0.493 e. The van der Waals surface area contributed by atoms with Crippen molar-refractivity contribution in [2.24, 2.45) is 0 Å². The highest BCUT2D eigenvalue weighted by Crippen LogP contribution is 2.33. The Balaban J connectivity index is 1.80. The van der Waals surface area contributed by atoms with Crippen molar-refractivity contribution in [3.05, 3.63) is 63.9 Å². The molecule has 9 heteroatoms. The first kappa shape index (κ1) is 21.9. The van der Waals surface area contributed by atoms with E-state index < -0.39 is 5.56 Å². The van der Waals surface area contributed by atoms with Crippen LogP contribution >= 0.6 is 11.8 Å². The molecule has 0 aliphatic rings. The molecule has 0 spiro atoms. The number of aryl methyl sites for hydroxylation is 1. The quantitative estimate of drug-likeness (QED) is 0.431. The van der Waals surface area contributed by atoms with Gasteiger partial charge in [-0.1, -0.05) is 29.5 Å². The van der Waals surface area contributed by atoms with Crippen LogP contribution in [0.1, 0.15) is 11.1 Å². The molecule has 31 heavy (non-hydrogen) atoms. The summed E-state index contributed by atoms with van der Waals surface area (Å²) in [6.07, 6.45) is 1.77. The number of carbonyl (C=O) groups excluding carboxylic acids is 1. The lowest BCUT2D eigenvalue weighted by molar-refractivity contribution is -0.118. The van der Waals surface area contributed by atoms with Crippen LogP contribution in [0.15, 0.2) is 52.4 Å². The molecule has 0 saturated heterocycles. The number of aromatic amines is 1. The number of nitriles is 1. The maximum Gasteiger partial charge on any atom is 0.270 e. The van der Waals surface area contributed by atoms with Gasteiger partial charge in [0.1, 0.15) is 11.6 Å². The molecule has 0 radical (unpaired) electrons. The van der Waals surface area contributed by atoms with Crippen molar-refractivity contribution in [3.63, 3.8) is 0 Å². The van der Waals surface area contributed by atoms with Gasteiger partial charge in [0.2, 0.25) is 0 Å². The van der Waals surface area contributed by atoms with Crippen molar-refractivity contribution < 1.29 is 14.3 Å². The van der Waals surface area contributed by atoms with E-state index in [9.17, 15) is 14.9 Å². The van der Waals surface area contributed by atoms with Gasteiger partial charge < -0.3 is 19.8 Å². The average Bonchev–Trinajstić information content (AvgIpc) is 2.78. The molecule has 1 aromatic heterocycles. The van der Waals surface area contributed by atoms with Gasteiger partial charge in [0.15, 0.2) is 23.3 Å². The molecule has 0 atom stereocenters. The van der Waals surface area contributed by atoms with Gasteiger partial charge in [-0.05, 0) is 43.5 Å². The summed E-state index contributed by atoms with van der Waals surface area (Å²) in [5.41, 5.74) is 1.94. The van der Waals surface area contributed by atoms with Crippen LogP contribution in [0.4, 0.5) is 5.69 Å². The summed E-state index contributed by atoms with van der Waals surface area (Å²) in [6, 6.07) is 14.2. The van der Waals surface area contributed by atoms with E-state index in [1.54, 1.807) is 24.5 Å². The Morgan fingerprint density at radius 2 is 1.97 bits per heavy atom. The Kier molecular flexibility index (Phi) is 6.95. The normalized spacial score (nSPS) is 10.3. The molecule has 2 aromatic carbocycles. The predicted molar refractivity (Wildman–Crippen MR) is 119 cm³/mol. The third kappa shape index (κ3) is 5.24. The number of aromatic nitrogens is 2. The summed E-state index contributed by atoms with van der Waals surface area (Å²) in [6.45, 7) is 1.75. The van der Waals surface area contributed by atoms with Crippen LogP contribution in [0.5, 0.6) is 11.5 Å². The summed E-state index contributed by atoms with van der Waals surface area (Å²) < 4.78 is 11.0. The van der Waals surface area contributed by atoms with E-state index >= 15 is 0 Å². The van der Waals surface area contributed by atoms with Crippen LogP contribution in [0.3, 0.4) is 0 Å². The SMILES string of the molecule is COc1cc(-c2nc(SC)[nH]c(=O)c2C#N)ccc1OCC(=O)Nc1ccc(C)cc1. The minimum atomic E-state index is -0.510. The first-order chi connectivity index (χ1) is 14.9. The molecular formula is C22H20N4O4S. The van der Waals surface area contributed by atoms with E-state index in [1.807, 2.05) is 37.3 Å². The Morgan fingerprint density at radius 3 is 2.61 bits per heavy atom. The van der Waals surface area contributed by atoms with E-state index in [0.717, 1.165) is 5.56 Å². The zero-order valence-electron chi connectivity index (χ0n) is 17.2. The van der Waals surface area contributed by atoms with Gasteiger partial charge in [0.05, 0.1) is 12.8 Å². The monoisotopic (exact) mass is 436 g/mol. The number of hydrogen-bond acceptors (Lipinski definition) is 7. The fourth-order valence-electron chi connectivity index (χ4n) is 2.77. The number of carbonyl (C=O) groups is 1. The molecule has 0 unspecified atom stereocenters. The van der Waals surface area contributed by atoms with Crippen molar-refractivity contribution in [1.82, 2.24) is 9.97 Å². The lowest BCUT2D eigenvalue weighted by Crippen LogP contribution is -2.20. The summed E-state index contributed by atoms with van der Waals surface area (Å²) >= 11 is 1.26. The smallest absolute Gasteiger partial charge is 0.270 e. The van der Waals surface area contributed by atoms with Crippen molar-refractivity contribution in [1.29, 1.82) is 5.26 Å². The highest BCUT2D eigenvalue weighted by atomic mass is 32.2. The first-order valence-corrected chi connectivity index (χ1v) is 10.4. The fraction of sp³-hybridized carbons (Fsp3) is 0.182. The molecule has 0 fully saturated rings. The van der Waals surface area contributed by atoms with Gasteiger partial charge in [-0.15, -0.1) is 0 Å². The van der Waals surface area contributed by atoms with Crippen molar-refractivity contribution >= 4 is 23.4 Å². The third-order valence-corrected chi connectivity index (χ3v) is 4.91. The molecule has 158 valence electrons. The number of nitrogens with one attached hydrogen (secondary N) is 2. The summed E-state index contributed by atoms with van der Waals surface area (Å²) in [5, 5.41) is 12.5. The Hall–Kier alpha value is -3.77. The number of rotatable bonds is 7. The minimum Gasteiger partial charge on any atom is -0.493 e. The summed E-state index contributed by atoms with van der Waals surface area (Å²) in [5.74, 6) is 0.374. The highest BCUT2D eigenvalue weighted by molar-refractivity contribution is 7.98. The summed E-state index contributed by atoms with van der Waals surface area (Å²) in [4.78, 5) is 31.3. The number of anilines is 1. The number of H-pyrrole nitrogens is 1. The molecule has 3 aromatic rings. The van der Waals surface area contributed by atoms with E-state index in [0.29, 0.717) is 27.9 Å². The maximum absolute atomic E-state index is 12.2. The van der Waals surface area contributed by atoms with Crippen molar-refractivity contribution in [2.75, 3.05) is 25.3 Å². The molecular weight excluding hydrogens is 416 g/mol. The van der Waals surface area contributed by atoms with Crippen molar-refractivity contribution in [2.45, 2.75) is 12.1 Å². The lowest BCUT2D eigenvalue weighted by atomic mass is 10.1. The maximum atomic E-state index is 12.2. The number of thioether (sulfide) groups is 1. The molecule has 3 rings (SSSR count). The van der Waals surface area contributed by atoms with E-state index in [2.05, 4.69) is 15.3 Å². The first-order valence-electron chi connectivity index (χ1n) is 9.21. The third-order valence-electron chi connectivity index (χ3n) is 4.33. The number of methoxy groups -OCH3 is 1. The molecule has 0 bridgehead atoms. The summed E-state index contributed by atoms with van der Waals surface area (Å²) in [7, 11) is 1.46. The molecule has 0 saturated carbocycles. The topological polar surface area (TPSA) is 117 Å². The van der Waals surface area contributed by atoms with E-state index in [4.69, 9.17) is 9.47 Å². The van der Waals surface area contributed by atoms with Crippen LogP contribution in [0.2, 0.25) is 0 Å². The Morgan fingerprint density at radius 1 is 1.23 bits per heavy atom. The molecule has 0 aliphatic carbocycles. The number of hydrogen-bond donors (Lipinski definition) is 2. The fourth-order valence-corrected chi connectivity index (χ4v) is 3.15. The van der Waals surface area contributed by atoms with Crippen LogP contribution in [0, 0.1) is 18.3 Å². The van der Waals surface area contributed by atoms with Gasteiger partial charge in [0, 0.05) is 11.3 Å². The number of benzene rings is 2. The van der Waals surface area contributed by atoms with Gasteiger partial charge in [-0.3, -0.25) is 9.59 Å². The highest BCUT2D eigenvalue weighted by Gasteiger charge is 2.16. The molecule has 1 amide bonds. The van der Waals surface area contributed by atoms with Gasteiger partial charge in [0.25, 0.3) is 11.5 Å². The zero-order valence-corrected chi connectivity index (χ0v) is 18.0. The second kappa shape index (κ2) is 9.82. The number of ether oxygens (including phenoxy) is 2. The van der Waals surface area contributed by atoms with E-state index in [-0.39, 0.29) is 23.8 Å². The standard InChI is InChI=1S/C22H20N4O4S/c1-13-4-7-15(8-5-13)24-19(27)12-30-17-9-6-14(10-18(17)29-2)20-16(11-23)21(28)26-22(25-20)31-3/h4-10H,12H2,1-3H3,(H,24,27)(H,25,26,28). The van der Waals surface area contributed by atoms with E-state index in [1.165, 1.54) is 18.9 Å². The number of amides is 1. The molecule has 8 nitrogen and oxygen atoms in total. The minimum absolute atomic E-state index is 0.0917. The molecule has 0 aliphatic heterocycles. The predicted octanol–water partition coefficient (Wildman–Crippen LogP) is 3.37. The zero-order chi connectivity index (χ0) is 22.4. The average molecular weight is 436 g/mol. The second-order valence-electron chi connectivity index (χ2n) is 6.48. The van der Waals surface area contributed by atoms with Crippen LogP contribution in [-0.2, 0) is 4.79 Å². The van der Waals surface area contributed by atoms with Crippen LogP contribution in [-0.4, -0.2) is 35.8 Å².